The molecule has 3 aromatic rings. The molecule has 3 rings (SSSR count). The molecular formula is C15H12N4O3. The molecule has 0 spiro atoms. The van der Waals surface area contributed by atoms with Crippen molar-refractivity contribution in [2.45, 2.75) is 0 Å². The highest BCUT2D eigenvalue weighted by molar-refractivity contribution is 6.15. The first-order valence-electron chi connectivity index (χ1n) is 6.47. The standard InChI is InChI=1S/C15H12N4O3/c1-21-15(20)13(10-12-8-5-9-22-12)19-14(16-17-18-19)11-6-3-2-4-7-11/h2-10H,1H3/b13-10+. The maximum Gasteiger partial charge on any atom is 0.357 e. The lowest BCUT2D eigenvalue weighted by Crippen LogP contribution is -2.13. The summed E-state index contributed by atoms with van der Waals surface area (Å²) in [5, 5.41) is 11.5. The molecule has 0 amide bonds. The number of benzene rings is 1. The van der Waals surface area contributed by atoms with Crippen LogP contribution in [0.4, 0.5) is 0 Å². The molecule has 22 heavy (non-hydrogen) atoms. The molecule has 0 aliphatic heterocycles. The van der Waals surface area contributed by atoms with Crippen LogP contribution in [0.5, 0.6) is 0 Å². The third-order valence-corrected chi connectivity index (χ3v) is 2.95. The van der Waals surface area contributed by atoms with Gasteiger partial charge in [0.05, 0.1) is 13.4 Å². The minimum absolute atomic E-state index is 0.154. The van der Waals surface area contributed by atoms with Crippen molar-refractivity contribution in [3.05, 3.63) is 54.5 Å². The van der Waals surface area contributed by atoms with Crippen LogP contribution in [0.1, 0.15) is 5.76 Å². The minimum Gasteiger partial charge on any atom is -0.465 e. The monoisotopic (exact) mass is 296 g/mol. The molecule has 0 N–H and O–H groups in total. The van der Waals surface area contributed by atoms with Gasteiger partial charge in [0.2, 0.25) is 0 Å². The van der Waals surface area contributed by atoms with Crippen LogP contribution in [-0.2, 0) is 9.53 Å². The van der Waals surface area contributed by atoms with Crippen LogP contribution in [0.25, 0.3) is 23.2 Å². The lowest BCUT2D eigenvalue weighted by molar-refractivity contribution is -0.134. The molecule has 0 saturated heterocycles. The first kappa shape index (κ1) is 13.7. The number of esters is 1. The molecular weight excluding hydrogens is 284 g/mol. The van der Waals surface area contributed by atoms with E-state index >= 15 is 0 Å². The van der Waals surface area contributed by atoms with Gasteiger partial charge < -0.3 is 9.15 Å². The van der Waals surface area contributed by atoms with Crippen molar-refractivity contribution in [1.29, 1.82) is 0 Å². The van der Waals surface area contributed by atoms with Crippen molar-refractivity contribution in [1.82, 2.24) is 20.2 Å². The van der Waals surface area contributed by atoms with E-state index in [0.29, 0.717) is 11.6 Å². The van der Waals surface area contributed by atoms with Gasteiger partial charge >= 0.3 is 5.97 Å². The first-order chi connectivity index (χ1) is 10.8. The van der Waals surface area contributed by atoms with E-state index < -0.39 is 5.97 Å². The van der Waals surface area contributed by atoms with Gasteiger partial charge in [-0.25, -0.2) is 4.79 Å². The Hall–Kier alpha value is -3.22. The first-order valence-corrected chi connectivity index (χ1v) is 6.47. The van der Waals surface area contributed by atoms with E-state index in [1.807, 2.05) is 30.3 Å². The topological polar surface area (TPSA) is 83.0 Å². The number of hydrogen-bond acceptors (Lipinski definition) is 6. The van der Waals surface area contributed by atoms with Crippen LogP contribution in [0.15, 0.2) is 53.1 Å². The summed E-state index contributed by atoms with van der Waals surface area (Å²) in [7, 11) is 1.30. The average molecular weight is 296 g/mol. The quantitative estimate of drug-likeness (QED) is 0.541. The van der Waals surface area contributed by atoms with E-state index in [2.05, 4.69) is 15.5 Å². The van der Waals surface area contributed by atoms with E-state index in [4.69, 9.17) is 9.15 Å². The molecule has 2 aromatic heterocycles. The van der Waals surface area contributed by atoms with Crippen molar-refractivity contribution in [2.75, 3.05) is 7.11 Å². The predicted octanol–water partition coefficient (Wildman–Crippen LogP) is 2.10. The van der Waals surface area contributed by atoms with Crippen molar-refractivity contribution in [3.63, 3.8) is 0 Å². The molecule has 0 unspecified atom stereocenters. The second kappa shape index (κ2) is 6.04. The van der Waals surface area contributed by atoms with Crippen LogP contribution < -0.4 is 0 Å². The number of hydrogen-bond donors (Lipinski definition) is 0. The minimum atomic E-state index is -0.569. The zero-order chi connectivity index (χ0) is 15.4. The summed E-state index contributed by atoms with van der Waals surface area (Å²) in [6.07, 6.45) is 3.03. The lowest BCUT2D eigenvalue weighted by Gasteiger charge is -2.07. The molecule has 0 atom stereocenters. The molecule has 0 radical (unpaired) electrons. The van der Waals surface area contributed by atoms with E-state index in [1.54, 1.807) is 12.1 Å². The molecule has 2 heterocycles. The van der Waals surface area contributed by atoms with Gasteiger partial charge in [-0.1, -0.05) is 30.3 Å². The van der Waals surface area contributed by atoms with Gasteiger partial charge in [-0.2, -0.15) is 4.68 Å². The predicted molar refractivity (Wildman–Crippen MR) is 78.1 cm³/mol. The van der Waals surface area contributed by atoms with E-state index in [-0.39, 0.29) is 5.70 Å². The Morgan fingerprint density at radius 2 is 2.05 bits per heavy atom. The summed E-state index contributed by atoms with van der Waals surface area (Å²) in [4.78, 5) is 12.1. The number of carbonyl (C=O) groups is 1. The normalized spacial score (nSPS) is 11.4. The van der Waals surface area contributed by atoms with Crippen molar-refractivity contribution in [3.8, 4) is 11.4 Å². The number of aromatic nitrogens is 4. The van der Waals surface area contributed by atoms with Gasteiger partial charge in [0.25, 0.3) is 0 Å². The van der Waals surface area contributed by atoms with Gasteiger partial charge in [-0.15, -0.1) is 5.10 Å². The molecule has 7 nitrogen and oxygen atoms in total. The number of ether oxygens (including phenoxy) is 1. The van der Waals surface area contributed by atoms with E-state index in [0.717, 1.165) is 5.56 Å². The Morgan fingerprint density at radius 1 is 1.23 bits per heavy atom. The fourth-order valence-electron chi connectivity index (χ4n) is 1.94. The van der Waals surface area contributed by atoms with E-state index in [9.17, 15) is 4.79 Å². The van der Waals surface area contributed by atoms with Gasteiger partial charge in [-0.3, -0.25) is 0 Å². The molecule has 1 aromatic carbocycles. The van der Waals surface area contributed by atoms with Gasteiger partial charge in [-0.05, 0) is 22.6 Å². The summed E-state index contributed by atoms with van der Waals surface area (Å²) < 4.78 is 11.4. The molecule has 0 fully saturated rings. The van der Waals surface area contributed by atoms with Crippen LogP contribution in [0.2, 0.25) is 0 Å². The largest absolute Gasteiger partial charge is 0.465 e. The Balaban J connectivity index is 2.11. The van der Waals surface area contributed by atoms with Crippen molar-refractivity contribution < 1.29 is 13.9 Å². The van der Waals surface area contributed by atoms with Crippen LogP contribution in [-0.4, -0.2) is 33.3 Å². The fourth-order valence-corrected chi connectivity index (χ4v) is 1.94. The number of tetrazole rings is 1. The summed E-state index contributed by atoms with van der Waals surface area (Å²) in [6.45, 7) is 0. The Labute approximate surface area is 125 Å². The van der Waals surface area contributed by atoms with Crippen LogP contribution >= 0.6 is 0 Å². The number of rotatable bonds is 4. The molecule has 0 aliphatic carbocycles. The second-order valence-corrected chi connectivity index (χ2v) is 4.32. The number of carbonyl (C=O) groups excluding carboxylic acids is 1. The van der Waals surface area contributed by atoms with E-state index in [1.165, 1.54) is 24.1 Å². The maximum absolute atomic E-state index is 12.1. The molecule has 110 valence electrons. The highest BCUT2D eigenvalue weighted by Crippen LogP contribution is 2.20. The number of nitrogens with zero attached hydrogens (tertiary/aromatic N) is 4. The smallest absolute Gasteiger partial charge is 0.357 e. The Bertz CT molecular complexity index is 791. The number of methoxy groups -OCH3 is 1. The molecule has 0 bridgehead atoms. The Kier molecular flexibility index (Phi) is 3.78. The summed E-state index contributed by atoms with van der Waals surface area (Å²) >= 11 is 0. The summed E-state index contributed by atoms with van der Waals surface area (Å²) in [5.41, 5.74) is 0.933. The van der Waals surface area contributed by atoms with Crippen molar-refractivity contribution in [2.24, 2.45) is 0 Å². The van der Waals surface area contributed by atoms with Gasteiger partial charge in [0.15, 0.2) is 11.5 Å². The third-order valence-electron chi connectivity index (χ3n) is 2.95. The summed E-state index contributed by atoms with van der Waals surface area (Å²) in [6, 6.07) is 12.8. The third kappa shape index (κ3) is 2.64. The lowest BCUT2D eigenvalue weighted by atomic mass is 10.2. The van der Waals surface area contributed by atoms with Crippen LogP contribution in [0.3, 0.4) is 0 Å². The molecule has 7 heteroatoms. The van der Waals surface area contributed by atoms with Crippen molar-refractivity contribution >= 4 is 17.7 Å². The molecule has 0 saturated carbocycles. The zero-order valence-corrected chi connectivity index (χ0v) is 11.7. The fraction of sp³-hybridized carbons (Fsp3) is 0.0667. The highest BCUT2D eigenvalue weighted by Gasteiger charge is 2.20. The second-order valence-electron chi connectivity index (χ2n) is 4.32. The Morgan fingerprint density at radius 3 is 2.73 bits per heavy atom. The average Bonchev–Trinajstić information content (AvgIpc) is 3.24. The maximum atomic E-state index is 12.1. The summed E-state index contributed by atoms with van der Waals surface area (Å²) in [5.74, 6) is 0.361. The zero-order valence-electron chi connectivity index (χ0n) is 11.7. The highest BCUT2D eigenvalue weighted by atomic mass is 16.5. The molecule has 0 aliphatic rings. The van der Waals surface area contributed by atoms with Crippen LogP contribution in [0, 0.1) is 0 Å². The number of furan rings is 1. The van der Waals surface area contributed by atoms with Gasteiger partial charge in [0, 0.05) is 11.6 Å². The van der Waals surface area contributed by atoms with Gasteiger partial charge in [0.1, 0.15) is 5.76 Å². The SMILES string of the molecule is COC(=O)/C(=C\c1ccco1)n1nnnc1-c1ccccc1.